The van der Waals surface area contributed by atoms with Gasteiger partial charge in [-0.1, -0.05) is 24.6 Å². The number of fused-ring (bicyclic) bond motifs is 1. The zero-order valence-electron chi connectivity index (χ0n) is 15.4. The van der Waals surface area contributed by atoms with Crippen molar-refractivity contribution in [2.24, 2.45) is 0 Å². The molecule has 1 aliphatic rings. The summed E-state index contributed by atoms with van der Waals surface area (Å²) in [6.45, 7) is 9.66. The number of benzene rings is 1. The largest absolute Gasteiger partial charge is 0.395 e. The van der Waals surface area contributed by atoms with Crippen molar-refractivity contribution in [3.8, 4) is 0 Å². The van der Waals surface area contributed by atoms with Gasteiger partial charge in [0.25, 0.3) is 5.56 Å². The van der Waals surface area contributed by atoms with Gasteiger partial charge in [0.2, 0.25) is 5.95 Å². The van der Waals surface area contributed by atoms with Gasteiger partial charge in [-0.05, 0) is 38.8 Å². The highest BCUT2D eigenvalue weighted by Gasteiger charge is 2.28. The van der Waals surface area contributed by atoms with E-state index >= 15 is 0 Å². The predicted molar refractivity (Wildman–Crippen MR) is 99.3 cm³/mol. The van der Waals surface area contributed by atoms with Gasteiger partial charge in [-0.2, -0.15) is 0 Å². The van der Waals surface area contributed by atoms with E-state index in [0.29, 0.717) is 32.3 Å². The normalized spacial score (nSPS) is 14.7. The van der Waals surface area contributed by atoms with Crippen LogP contribution in [0, 0.1) is 20.8 Å². The second-order valence-electron chi connectivity index (χ2n) is 6.68. The summed E-state index contributed by atoms with van der Waals surface area (Å²) in [4.78, 5) is 21.8. The minimum absolute atomic E-state index is 0.0161. The van der Waals surface area contributed by atoms with E-state index < -0.39 is 0 Å². The van der Waals surface area contributed by atoms with Crippen molar-refractivity contribution in [3.05, 3.63) is 50.9 Å². The lowest BCUT2D eigenvalue weighted by molar-refractivity contribution is 0.152. The first-order valence-corrected chi connectivity index (χ1v) is 8.74. The third-order valence-corrected chi connectivity index (χ3v) is 4.79. The Morgan fingerprint density at radius 3 is 2.60 bits per heavy atom. The van der Waals surface area contributed by atoms with Crippen LogP contribution >= 0.6 is 0 Å². The molecule has 1 aromatic heterocycles. The zero-order chi connectivity index (χ0) is 18.1. The molecule has 0 saturated carbocycles. The first-order chi connectivity index (χ1) is 12.0. The van der Waals surface area contributed by atoms with Gasteiger partial charge in [0.05, 0.1) is 19.9 Å². The molecule has 2 heterocycles. The quantitative estimate of drug-likeness (QED) is 0.922. The van der Waals surface area contributed by atoms with E-state index in [1.54, 1.807) is 4.57 Å². The molecule has 3 rings (SSSR count). The molecule has 0 fully saturated rings. The lowest BCUT2D eigenvalue weighted by atomic mass is 10.1. The van der Waals surface area contributed by atoms with Crippen LogP contribution in [0.5, 0.6) is 0 Å². The molecule has 1 aromatic carbocycles. The Bertz CT molecular complexity index is 844. The molecular weight excluding hydrogens is 316 g/mol. The van der Waals surface area contributed by atoms with Gasteiger partial charge in [-0.25, -0.2) is 4.98 Å². The molecule has 0 amide bonds. The smallest absolute Gasteiger partial charge is 0.259 e. The summed E-state index contributed by atoms with van der Waals surface area (Å²) in [6.07, 6.45) is 0.668. The molecule has 6 nitrogen and oxygen atoms in total. The maximum atomic E-state index is 12.9. The molecule has 6 heteroatoms. The average molecular weight is 342 g/mol. The number of aliphatic hydroxyl groups is 1. The molecular formula is C19H26N4O2. The van der Waals surface area contributed by atoms with Crippen LogP contribution in [-0.4, -0.2) is 39.4 Å². The predicted octanol–water partition coefficient (Wildman–Crippen LogP) is 2.09. The van der Waals surface area contributed by atoms with Crippen molar-refractivity contribution in [1.29, 1.82) is 0 Å². The number of nitrogens with zero attached hydrogens (tertiary/aromatic N) is 4. The fraction of sp³-hybridized carbons (Fsp3) is 0.474. The second-order valence-corrected chi connectivity index (χ2v) is 6.68. The maximum Gasteiger partial charge on any atom is 0.259 e. The van der Waals surface area contributed by atoms with Gasteiger partial charge in [0.15, 0.2) is 0 Å². The molecule has 134 valence electrons. The number of rotatable bonds is 4. The van der Waals surface area contributed by atoms with Crippen molar-refractivity contribution in [2.75, 3.05) is 24.7 Å². The van der Waals surface area contributed by atoms with Gasteiger partial charge in [0, 0.05) is 23.5 Å². The van der Waals surface area contributed by atoms with Crippen molar-refractivity contribution >= 4 is 11.6 Å². The Hall–Kier alpha value is -2.18. The minimum atomic E-state index is 0.0161. The number of hydrogen-bond acceptors (Lipinski definition) is 5. The van der Waals surface area contributed by atoms with E-state index in [-0.39, 0.29) is 12.2 Å². The number of aryl methyl sites for hydroxylation is 3. The van der Waals surface area contributed by atoms with Crippen LogP contribution in [0.3, 0.4) is 0 Å². The molecule has 1 N–H and O–H groups in total. The standard InChI is InChI=1S/C19H26N4O2/c1-5-16-15(4)20-19-22(17-7-6-13(2)10-14(17)3)11-21(8-9-24)12-23(19)18(16)25/h6-7,10,24H,5,8-9,11-12H2,1-4H3. The number of hydrogen-bond donors (Lipinski definition) is 1. The van der Waals surface area contributed by atoms with E-state index in [0.717, 1.165) is 22.5 Å². The van der Waals surface area contributed by atoms with Crippen LogP contribution in [0.2, 0.25) is 0 Å². The topological polar surface area (TPSA) is 61.6 Å². The molecule has 0 spiro atoms. The summed E-state index contributed by atoms with van der Waals surface area (Å²) in [6, 6.07) is 6.28. The van der Waals surface area contributed by atoms with Crippen molar-refractivity contribution in [3.63, 3.8) is 0 Å². The monoisotopic (exact) mass is 342 g/mol. The highest BCUT2D eigenvalue weighted by atomic mass is 16.3. The van der Waals surface area contributed by atoms with Gasteiger partial charge in [-0.15, -0.1) is 0 Å². The average Bonchev–Trinajstić information content (AvgIpc) is 2.56. The SMILES string of the molecule is CCc1c(C)nc2n(c1=O)CN(CCO)CN2c1ccc(C)cc1C. The third-order valence-electron chi connectivity index (χ3n) is 4.79. The molecule has 0 aliphatic carbocycles. The number of aliphatic hydroxyl groups excluding tert-OH is 1. The van der Waals surface area contributed by atoms with Crippen LogP contribution in [-0.2, 0) is 13.1 Å². The van der Waals surface area contributed by atoms with E-state index in [2.05, 4.69) is 41.8 Å². The van der Waals surface area contributed by atoms with Crippen LogP contribution in [0.1, 0.15) is 29.3 Å². The van der Waals surface area contributed by atoms with Crippen LogP contribution in [0.25, 0.3) is 0 Å². The zero-order valence-corrected chi connectivity index (χ0v) is 15.4. The molecule has 0 radical (unpaired) electrons. The van der Waals surface area contributed by atoms with E-state index in [4.69, 9.17) is 4.98 Å². The first-order valence-electron chi connectivity index (χ1n) is 8.74. The first kappa shape index (κ1) is 17.6. The number of anilines is 2. The Kier molecular flexibility index (Phi) is 4.92. The summed E-state index contributed by atoms with van der Waals surface area (Å²) < 4.78 is 1.73. The van der Waals surface area contributed by atoms with Crippen LogP contribution < -0.4 is 10.5 Å². The van der Waals surface area contributed by atoms with E-state index in [9.17, 15) is 9.90 Å². The summed E-state index contributed by atoms with van der Waals surface area (Å²) in [5, 5.41) is 9.37. The summed E-state index contributed by atoms with van der Waals surface area (Å²) in [5.74, 6) is 0.681. The summed E-state index contributed by atoms with van der Waals surface area (Å²) in [7, 11) is 0. The molecule has 0 atom stereocenters. The third kappa shape index (κ3) is 3.19. The van der Waals surface area contributed by atoms with Crippen molar-refractivity contribution in [2.45, 2.75) is 40.8 Å². The summed E-state index contributed by atoms with van der Waals surface area (Å²) in [5.41, 5.74) is 4.96. The molecule has 1 aliphatic heterocycles. The Balaban J connectivity index is 2.18. The van der Waals surface area contributed by atoms with Crippen LogP contribution in [0.15, 0.2) is 23.0 Å². The minimum Gasteiger partial charge on any atom is -0.395 e. The van der Waals surface area contributed by atoms with E-state index in [1.165, 1.54) is 5.56 Å². The fourth-order valence-corrected chi connectivity index (χ4v) is 3.51. The lowest BCUT2D eigenvalue weighted by Gasteiger charge is -2.38. The Labute approximate surface area is 148 Å². The van der Waals surface area contributed by atoms with Gasteiger partial charge >= 0.3 is 0 Å². The summed E-state index contributed by atoms with van der Waals surface area (Å²) >= 11 is 0. The molecule has 0 bridgehead atoms. The molecule has 0 saturated heterocycles. The van der Waals surface area contributed by atoms with Gasteiger partial charge in [0.1, 0.15) is 0 Å². The molecule has 0 unspecified atom stereocenters. The highest BCUT2D eigenvalue weighted by molar-refractivity contribution is 5.63. The number of β-amino-alcohol motifs (C(OH)–C–C–N with tert-alkyl or cyclic N) is 1. The van der Waals surface area contributed by atoms with Crippen LogP contribution in [0.4, 0.5) is 11.6 Å². The Morgan fingerprint density at radius 2 is 1.96 bits per heavy atom. The van der Waals surface area contributed by atoms with Crippen molar-refractivity contribution in [1.82, 2.24) is 14.5 Å². The van der Waals surface area contributed by atoms with E-state index in [1.807, 2.05) is 13.8 Å². The molecule has 2 aromatic rings. The fourth-order valence-electron chi connectivity index (χ4n) is 3.51. The second kappa shape index (κ2) is 6.98. The molecule has 25 heavy (non-hydrogen) atoms. The van der Waals surface area contributed by atoms with Gasteiger partial charge < -0.3 is 5.11 Å². The maximum absolute atomic E-state index is 12.9. The van der Waals surface area contributed by atoms with Crippen molar-refractivity contribution < 1.29 is 5.11 Å². The lowest BCUT2D eigenvalue weighted by Crippen LogP contribution is -2.48. The van der Waals surface area contributed by atoms with Gasteiger partial charge in [-0.3, -0.25) is 19.2 Å². The Morgan fingerprint density at radius 1 is 1.20 bits per heavy atom. The highest BCUT2D eigenvalue weighted by Crippen LogP contribution is 2.30. The number of aromatic nitrogens is 2.